The zero-order valence-corrected chi connectivity index (χ0v) is 19.0. The lowest BCUT2D eigenvalue weighted by Gasteiger charge is -2.40. The zero-order valence-electron chi connectivity index (χ0n) is 18.2. The van der Waals surface area contributed by atoms with Crippen molar-refractivity contribution in [3.8, 4) is 0 Å². The summed E-state index contributed by atoms with van der Waals surface area (Å²) in [6.45, 7) is 3.70. The number of hydrogen-bond acceptors (Lipinski definition) is 4. The third-order valence-corrected chi connectivity index (χ3v) is 6.58. The Hall–Kier alpha value is -2.57. The fourth-order valence-electron chi connectivity index (χ4n) is 4.58. The van der Waals surface area contributed by atoms with Crippen molar-refractivity contribution in [3.05, 3.63) is 65.2 Å². The van der Waals surface area contributed by atoms with Crippen molar-refractivity contribution in [1.82, 2.24) is 9.80 Å². The van der Waals surface area contributed by atoms with Gasteiger partial charge in [0, 0.05) is 35.4 Å². The first-order chi connectivity index (χ1) is 15.6. The molecule has 0 spiro atoms. The van der Waals surface area contributed by atoms with E-state index in [2.05, 4.69) is 10.2 Å². The van der Waals surface area contributed by atoms with Gasteiger partial charge >= 0.3 is 6.09 Å². The second-order valence-corrected chi connectivity index (χ2v) is 8.92. The van der Waals surface area contributed by atoms with Gasteiger partial charge in [0.05, 0.1) is 0 Å². The molecule has 0 bridgehead atoms. The van der Waals surface area contributed by atoms with E-state index in [1.807, 2.05) is 35.2 Å². The number of halogens is 1. The van der Waals surface area contributed by atoms with Gasteiger partial charge in [-0.25, -0.2) is 4.79 Å². The molecular weight excluding hydrogens is 426 g/mol. The second kappa shape index (κ2) is 10.8. The molecule has 4 rings (SSSR count). The highest BCUT2D eigenvalue weighted by Crippen LogP contribution is 2.26. The number of amides is 2. The highest BCUT2D eigenvalue weighted by molar-refractivity contribution is 6.30. The molecule has 2 aliphatic rings. The summed E-state index contributed by atoms with van der Waals surface area (Å²) in [6, 6.07) is 16.5. The predicted molar refractivity (Wildman–Crippen MR) is 126 cm³/mol. The van der Waals surface area contributed by atoms with E-state index in [1.54, 1.807) is 24.3 Å². The average Bonchev–Trinajstić information content (AvgIpc) is 2.85. The Kier molecular flexibility index (Phi) is 7.66. The van der Waals surface area contributed by atoms with E-state index < -0.39 is 12.2 Å². The Bertz CT molecular complexity index is 892. The van der Waals surface area contributed by atoms with Crippen LogP contribution in [0.3, 0.4) is 0 Å². The van der Waals surface area contributed by atoms with Gasteiger partial charge in [-0.05, 0) is 63.0 Å². The maximum absolute atomic E-state index is 13.4. The van der Waals surface area contributed by atoms with Crippen LogP contribution in [0.4, 0.5) is 10.5 Å². The maximum atomic E-state index is 13.4. The van der Waals surface area contributed by atoms with E-state index in [0.29, 0.717) is 35.4 Å². The SMILES string of the molecule is O=C(Nc1ccc(Cl)cc1)O[C@@H](C(=O)N1CCC(N2CCCCC2)CC1)c1ccccc1. The van der Waals surface area contributed by atoms with Gasteiger partial charge in [0.2, 0.25) is 6.10 Å². The van der Waals surface area contributed by atoms with Crippen molar-refractivity contribution in [2.24, 2.45) is 0 Å². The molecule has 2 aromatic rings. The van der Waals surface area contributed by atoms with Crippen LogP contribution in [-0.4, -0.2) is 54.0 Å². The van der Waals surface area contributed by atoms with Crippen molar-refractivity contribution >= 4 is 29.3 Å². The number of rotatable bonds is 5. The van der Waals surface area contributed by atoms with Crippen LogP contribution in [0, 0.1) is 0 Å². The number of likely N-dealkylation sites (tertiary alicyclic amines) is 2. The minimum atomic E-state index is -0.977. The fraction of sp³-hybridized carbons (Fsp3) is 0.440. The van der Waals surface area contributed by atoms with Crippen molar-refractivity contribution in [1.29, 1.82) is 0 Å². The number of anilines is 1. The molecule has 0 saturated carbocycles. The number of nitrogens with zero attached hydrogens (tertiary/aromatic N) is 2. The second-order valence-electron chi connectivity index (χ2n) is 8.48. The largest absolute Gasteiger partial charge is 0.431 e. The molecule has 1 atom stereocenters. The first-order valence-corrected chi connectivity index (χ1v) is 11.8. The lowest BCUT2D eigenvalue weighted by Crippen LogP contribution is -2.49. The minimum Gasteiger partial charge on any atom is -0.431 e. The lowest BCUT2D eigenvalue weighted by atomic mass is 9.99. The molecule has 6 nitrogen and oxygen atoms in total. The van der Waals surface area contributed by atoms with Crippen LogP contribution in [0.25, 0.3) is 0 Å². The topological polar surface area (TPSA) is 61.9 Å². The summed E-state index contributed by atoms with van der Waals surface area (Å²) in [5.41, 5.74) is 1.22. The molecule has 2 fully saturated rings. The Morgan fingerprint density at radius 3 is 2.22 bits per heavy atom. The van der Waals surface area contributed by atoms with Crippen molar-refractivity contribution in [2.75, 3.05) is 31.5 Å². The Morgan fingerprint density at radius 1 is 0.906 bits per heavy atom. The highest BCUT2D eigenvalue weighted by Gasteiger charge is 2.33. The average molecular weight is 456 g/mol. The molecular formula is C25H30ClN3O3. The van der Waals surface area contributed by atoms with Crippen molar-refractivity contribution < 1.29 is 14.3 Å². The van der Waals surface area contributed by atoms with E-state index in [9.17, 15) is 9.59 Å². The van der Waals surface area contributed by atoms with Crippen LogP contribution >= 0.6 is 11.6 Å². The van der Waals surface area contributed by atoms with Gasteiger partial charge in [-0.3, -0.25) is 10.1 Å². The van der Waals surface area contributed by atoms with Crippen LogP contribution < -0.4 is 5.32 Å². The molecule has 2 saturated heterocycles. The molecule has 2 aliphatic heterocycles. The van der Waals surface area contributed by atoms with Gasteiger partial charge in [-0.1, -0.05) is 48.4 Å². The molecule has 1 N–H and O–H groups in total. The molecule has 170 valence electrons. The summed E-state index contributed by atoms with van der Waals surface area (Å²) in [4.78, 5) is 30.4. The number of piperidine rings is 2. The molecule has 2 heterocycles. The summed E-state index contributed by atoms with van der Waals surface area (Å²) in [7, 11) is 0. The minimum absolute atomic E-state index is 0.167. The van der Waals surface area contributed by atoms with Gasteiger partial charge < -0.3 is 14.5 Å². The van der Waals surface area contributed by atoms with E-state index in [4.69, 9.17) is 16.3 Å². The Balaban J connectivity index is 1.40. The number of benzene rings is 2. The molecule has 2 amide bonds. The van der Waals surface area contributed by atoms with E-state index >= 15 is 0 Å². The summed E-state index contributed by atoms with van der Waals surface area (Å²) < 4.78 is 5.64. The zero-order chi connectivity index (χ0) is 22.3. The normalized spacial score (nSPS) is 18.7. The van der Waals surface area contributed by atoms with Crippen molar-refractivity contribution in [2.45, 2.75) is 44.2 Å². The van der Waals surface area contributed by atoms with Crippen LogP contribution in [0.1, 0.15) is 43.8 Å². The number of carbonyl (C=O) groups is 2. The van der Waals surface area contributed by atoms with Crippen LogP contribution in [-0.2, 0) is 9.53 Å². The quantitative estimate of drug-likeness (QED) is 0.680. The van der Waals surface area contributed by atoms with Gasteiger partial charge in [-0.15, -0.1) is 0 Å². The number of ether oxygens (including phenoxy) is 1. The van der Waals surface area contributed by atoms with E-state index in [0.717, 1.165) is 12.8 Å². The van der Waals surface area contributed by atoms with Crippen LogP contribution in [0.15, 0.2) is 54.6 Å². The molecule has 0 unspecified atom stereocenters. The molecule has 32 heavy (non-hydrogen) atoms. The summed E-state index contributed by atoms with van der Waals surface area (Å²) in [5.74, 6) is -0.167. The Morgan fingerprint density at radius 2 is 1.56 bits per heavy atom. The summed E-state index contributed by atoms with van der Waals surface area (Å²) in [6.07, 6.45) is 4.14. The molecule has 7 heteroatoms. The predicted octanol–water partition coefficient (Wildman–Crippen LogP) is 5.11. The maximum Gasteiger partial charge on any atom is 0.412 e. The fourth-order valence-corrected chi connectivity index (χ4v) is 4.70. The highest BCUT2D eigenvalue weighted by atomic mass is 35.5. The number of nitrogens with one attached hydrogen (secondary N) is 1. The monoisotopic (exact) mass is 455 g/mol. The van der Waals surface area contributed by atoms with Crippen molar-refractivity contribution in [3.63, 3.8) is 0 Å². The lowest BCUT2D eigenvalue weighted by molar-refractivity contribution is -0.142. The standard InChI is InChI=1S/C25H30ClN3O3/c26-20-9-11-21(12-10-20)27-25(31)32-23(19-7-3-1-4-8-19)24(30)29-17-13-22(14-18-29)28-15-5-2-6-16-28/h1,3-4,7-12,22-23H,2,5-6,13-18H2,(H,27,31)/t23-/m1/s1. The first kappa shape index (κ1) is 22.6. The molecule has 0 aromatic heterocycles. The number of hydrogen-bond donors (Lipinski definition) is 1. The van der Waals surface area contributed by atoms with Gasteiger partial charge in [0.1, 0.15) is 0 Å². The third kappa shape index (κ3) is 5.81. The van der Waals surface area contributed by atoms with Gasteiger partial charge in [0.25, 0.3) is 5.91 Å². The number of carbonyl (C=O) groups excluding carboxylic acids is 2. The first-order valence-electron chi connectivity index (χ1n) is 11.4. The van der Waals surface area contributed by atoms with Gasteiger partial charge in [-0.2, -0.15) is 0 Å². The van der Waals surface area contributed by atoms with E-state index in [-0.39, 0.29) is 5.91 Å². The van der Waals surface area contributed by atoms with Crippen LogP contribution in [0.2, 0.25) is 5.02 Å². The molecule has 0 aliphatic carbocycles. The summed E-state index contributed by atoms with van der Waals surface area (Å²) >= 11 is 5.90. The smallest absolute Gasteiger partial charge is 0.412 e. The molecule has 2 aromatic carbocycles. The van der Waals surface area contributed by atoms with Gasteiger partial charge in [0.15, 0.2) is 0 Å². The molecule has 0 radical (unpaired) electrons. The van der Waals surface area contributed by atoms with E-state index in [1.165, 1.54) is 32.4 Å². The third-order valence-electron chi connectivity index (χ3n) is 6.33. The summed E-state index contributed by atoms with van der Waals surface area (Å²) in [5, 5.41) is 3.26. The Labute approximate surface area is 194 Å². The van der Waals surface area contributed by atoms with Crippen LogP contribution in [0.5, 0.6) is 0 Å².